The van der Waals surface area contributed by atoms with Gasteiger partial charge in [0.2, 0.25) is 5.96 Å². The molecule has 0 aliphatic heterocycles. The highest BCUT2D eigenvalue weighted by atomic mass is 15.3. The van der Waals surface area contributed by atoms with E-state index in [1.807, 2.05) is 0 Å². The Hall–Kier alpha value is -0.810. The van der Waals surface area contributed by atoms with Gasteiger partial charge in [0.15, 0.2) is 0 Å². The van der Waals surface area contributed by atoms with Gasteiger partial charge >= 0.3 is 0 Å². The van der Waals surface area contributed by atoms with Crippen molar-refractivity contribution < 1.29 is 0 Å². The van der Waals surface area contributed by atoms with Crippen molar-refractivity contribution in [3.63, 3.8) is 0 Å². The minimum absolute atomic E-state index is 0.224. The van der Waals surface area contributed by atoms with Crippen molar-refractivity contribution in [3.05, 3.63) is 0 Å². The molecular formula is C13H29N5. The number of aliphatic imine (C=N–C) groups is 1. The van der Waals surface area contributed by atoms with E-state index < -0.39 is 0 Å². The third-order valence-corrected chi connectivity index (χ3v) is 3.83. The van der Waals surface area contributed by atoms with Crippen LogP contribution in [0.15, 0.2) is 4.99 Å². The van der Waals surface area contributed by atoms with Gasteiger partial charge in [-0.2, -0.15) is 0 Å². The molecule has 0 aromatic rings. The molecule has 0 aromatic carbocycles. The van der Waals surface area contributed by atoms with Gasteiger partial charge in [-0.25, -0.2) is 5.84 Å². The predicted molar refractivity (Wildman–Crippen MR) is 77.4 cm³/mol. The molecule has 1 saturated carbocycles. The summed E-state index contributed by atoms with van der Waals surface area (Å²) in [4.78, 5) is 6.94. The van der Waals surface area contributed by atoms with Gasteiger partial charge in [-0.1, -0.05) is 26.7 Å². The van der Waals surface area contributed by atoms with Crippen molar-refractivity contribution in [1.29, 1.82) is 0 Å². The lowest BCUT2D eigenvalue weighted by atomic mass is 9.96. The van der Waals surface area contributed by atoms with Gasteiger partial charge in [0.05, 0.1) is 6.54 Å². The summed E-state index contributed by atoms with van der Waals surface area (Å²) in [6, 6.07) is 0. The van der Waals surface area contributed by atoms with E-state index in [0.717, 1.165) is 13.1 Å². The van der Waals surface area contributed by atoms with Crippen LogP contribution in [0.3, 0.4) is 0 Å². The zero-order chi connectivity index (χ0) is 13.6. The lowest BCUT2D eigenvalue weighted by Gasteiger charge is -2.35. The number of hydrogen-bond donors (Lipinski definition) is 3. The fourth-order valence-electron chi connectivity index (χ4n) is 2.46. The molecule has 0 saturated heterocycles. The highest BCUT2D eigenvalue weighted by molar-refractivity contribution is 5.79. The Bertz CT molecular complexity index is 267. The van der Waals surface area contributed by atoms with E-state index in [4.69, 9.17) is 5.84 Å². The molecule has 1 aliphatic rings. The molecule has 1 aliphatic carbocycles. The standard InChI is InChI=1S/C13H29N5/c1-11(2)9-15-12(17-14)16-10-13(18(3)4)7-5-6-8-13/h11H,5-10,14H2,1-4H3,(H2,15,16,17). The summed E-state index contributed by atoms with van der Waals surface area (Å²) < 4.78 is 0. The fraction of sp³-hybridized carbons (Fsp3) is 0.923. The molecule has 0 unspecified atom stereocenters. The number of nitrogens with two attached hydrogens (primary N) is 1. The van der Waals surface area contributed by atoms with Gasteiger partial charge in [-0.15, -0.1) is 0 Å². The molecule has 0 amide bonds. The first kappa shape index (κ1) is 15.2. The second-order valence-electron chi connectivity index (χ2n) is 5.91. The van der Waals surface area contributed by atoms with Crippen LogP contribution in [-0.4, -0.2) is 43.6 Å². The van der Waals surface area contributed by atoms with Crippen molar-refractivity contribution in [2.75, 3.05) is 27.2 Å². The smallest absolute Gasteiger partial charge is 0.205 e. The molecule has 106 valence electrons. The average Bonchev–Trinajstić information content (AvgIpc) is 2.79. The number of nitrogens with one attached hydrogen (secondary N) is 2. The third-order valence-electron chi connectivity index (χ3n) is 3.83. The van der Waals surface area contributed by atoms with Crippen LogP contribution in [0.4, 0.5) is 0 Å². The van der Waals surface area contributed by atoms with E-state index in [1.165, 1.54) is 25.7 Å². The summed E-state index contributed by atoms with van der Waals surface area (Å²) in [6.07, 6.45) is 5.06. The van der Waals surface area contributed by atoms with E-state index in [0.29, 0.717) is 11.9 Å². The van der Waals surface area contributed by atoms with E-state index in [1.54, 1.807) is 0 Å². The maximum atomic E-state index is 5.51. The quantitative estimate of drug-likeness (QED) is 0.296. The molecule has 0 spiro atoms. The van der Waals surface area contributed by atoms with Crippen LogP contribution in [0, 0.1) is 5.92 Å². The average molecular weight is 255 g/mol. The summed E-state index contributed by atoms with van der Waals surface area (Å²) in [5.41, 5.74) is 2.88. The van der Waals surface area contributed by atoms with Gasteiger partial charge in [0, 0.05) is 12.1 Å². The zero-order valence-electron chi connectivity index (χ0n) is 12.3. The van der Waals surface area contributed by atoms with E-state index in [9.17, 15) is 0 Å². The predicted octanol–water partition coefficient (Wildman–Crippen LogP) is 0.926. The molecule has 1 fully saturated rings. The van der Waals surface area contributed by atoms with Crippen LogP contribution < -0.4 is 16.6 Å². The highest BCUT2D eigenvalue weighted by Gasteiger charge is 2.35. The molecule has 0 aromatic heterocycles. The minimum atomic E-state index is 0.224. The lowest BCUT2D eigenvalue weighted by molar-refractivity contribution is 0.167. The zero-order valence-corrected chi connectivity index (χ0v) is 12.3. The second kappa shape index (κ2) is 6.95. The molecule has 1 rings (SSSR count). The first-order valence-electron chi connectivity index (χ1n) is 6.92. The molecule has 18 heavy (non-hydrogen) atoms. The SMILES string of the molecule is CC(C)CNC(=NCC1(N(C)C)CCCC1)NN. The van der Waals surface area contributed by atoms with Crippen LogP contribution in [0.25, 0.3) is 0 Å². The van der Waals surface area contributed by atoms with E-state index in [-0.39, 0.29) is 5.54 Å². The second-order valence-corrected chi connectivity index (χ2v) is 5.91. The van der Waals surface area contributed by atoms with E-state index >= 15 is 0 Å². The van der Waals surface area contributed by atoms with Crippen molar-refractivity contribution in [2.24, 2.45) is 16.8 Å². The lowest BCUT2D eigenvalue weighted by Crippen LogP contribution is -2.47. The summed E-state index contributed by atoms with van der Waals surface area (Å²) >= 11 is 0. The van der Waals surface area contributed by atoms with Gasteiger partial charge in [0.1, 0.15) is 0 Å². The van der Waals surface area contributed by atoms with Crippen molar-refractivity contribution in [1.82, 2.24) is 15.6 Å². The van der Waals surface area contributed by atoms with Crippen LogP contribution >= 0.6 is 0 Å². The molecular weight excluding hydrogens is 226 g/mol. The Kier molecular flexibility index (Phi) is 5.88. The van der Waals surface area contributed by atoms with Crippen molar-refractivity contribution >= 4 is 5.96 Å². The molecule has 0 atom stereocenters. The molecule has 0 bridgehead atoms. The maximum Gasteiger partial charge on any atom is 0.205 e. The van der Waals surface area contributed by atoms with Gasteiger partial charge < -0.3 is 10.2 Å². The summed E-state index contributed by atoms with van der Waals surface area (Å²) in [5, 5.41) is 3.24. The summed E-state index contributed by atoms with van der Waals surface area (Å²) in [5.74, 6) is 6.79. The minimum Gasteiger partial charge on any atom is -0.355 e. The Morgan fingerprint density at radius 1 is 1.33 bits per heavy atom. The summed E-state index contributed by atoms with van der Waals surface area (Å²) in [6.45, 7) is 6.03. The monoisotopic (exact) mass is 255 g/mol. The van der Waals surface area contributed by atoms with Gasteiger partial charge in [0.25, 0.3) is 0 Å². The highest BCUT2D eigenvalue weighted by Crippen LogP contribution is 2.33. The van der Waals surface area contributed by atoms with Crippen LogP contribution in [0.5, 0.6) is 0 Å². The molecule has 5 nitrogen and oxygen atoms in total. The van der Waals surface area contributed by atoms with Gasteiger partial charge in [-0.05, 0) is 32.9 Å². The molecule has 4 N–H and O–H groups in total. The Morgan fingerprint density at radius 2 is 1.94 bits per heavy atom. The normalized spacial score (nSPS) is 19.6. The largest absolute Gasteiger partial charge is 0.355 e. The van der Waals surface area contributed by atoms with Crippen molar-refractivity contribution in [2.45, 2.75) is 45.1 Å². The van der Waals surface area contributed by atoms with Gasteiger partial charge in [-0.3, -0.25) is 10.4 Å². The maximum absolute atomic E-state index is 5.51. The van der Waals surface area contributed by atoms with Crippen molar-refractivity contribution in [3.8, 4) is 0 Å². The number of nitrogens with zero attached hydrogens (tertiary/aromatic N) is 2. The number of guanidine groups is 1. The topological polar surface area (TPSA) is 65.7 Å². The number of likely N-dealkylation sites (N-methyl/N-ethyl adjacent to an activating group) is 1. The third kappa shape index (κ3) is 4.14. The Morgan fingerprint density at radius 3 is 2.39 bits per heavy atom. The van der Waals surface area contributed by atoms with E-state index in [2.05, 4.69) is 48.6 Å². The number of rotatable bonds is 5. The van der Waals surface area contributed by atoms with Crippen LogP contribution in [-0.2, 0) is 0 Å². The number of hydrogen-bond acceptors (Lipinski definition) is 3. The molecule has 5 heteroatoms. The van der Waals surface area contributed by atoms with Crippen LogP contribution in [0.2, 0.25) is 0 Å². The summed E-state index contributed by atoms with van der Waals surface area (Å²) in [7, 11) is 4.30. The number of hydrazine groups is 1. The molecule has 0 radical (unpaired) electrons. The first-order valence-corrected chi connectivity index (χ1v) is 6.92. The fourth-order valence-corrected chi connectivity index (χ4v) is 2.46. The Labute approximate surface area is 111 Å². The van der Waals surface area contributed by atoms with Crippen LogP contribution in [0.1, 0.15) is 39.5 Å². The molecule has 0 heterocycles. The first-order chi connectivity index (χ1) is 8.50. The Balaban J connectivity index is 2.57.